The van der Waals surface area contributed by atoms with Crippen LogP contribution in [-0.2, 0) is 4.79 Å². The van der Waals surface area contributed by atoms with Crippen LogP contribution in [0.1, 0.15) is 31.4 Å². The Kier molecular flexibility index (Phi) is 6.95. The van der Waals surface area contributed by atoms with Crippen molar-refractivity contribution < 1.29 is 4.79 Å². The van der Waals surface area contributed by atoms with Crippen molar-refractivity contribution in [3.8, 4) is 5.82 Å². The maximum absolute atomic E-state index is 12.2. The quantitative estimate of drug-likeness (QED) is 0.402. The molecule has 4 aromatic rings. The molecular formula is C25H29N7O. The third-order valence-electron chi connectivity index (χ3n) is 5.37. The third-order valence-corrected chi connectivity index (χ3v) is 5.37. The molecule has 8 nitrogen and oxygen atoms in total. The van der Waals surface area contributed by atoms with Gasteiger partial charge in [-0.05, 0) is 63.8 Å². The molecule has 4 rings (SSSR count). The van der Waals surface area contributed by atoms with E-state index in [1.54, 1.807) is 12.5 Å². The lowest BCUT2D eigenvalue weighted by atomic mass is 10.1. The molecule has 33 heavy (non-hydrogen) atoms. The zero-order chi connectivity index (χ0) is 23.2. The number of hydrogen-bond acceptors (Lipinski definition) is 6. The van der Waals surface area contributed by atoms with E-state index in [4.69, 9.17) is 0 Å². The van der Waals surface area contributed by atoms with Crippen molar-refractivity contribution in [2.75, 3.05) is 31.3 Å². The zero-order valence-corrected chi connectivity index (χ0v) is 19.2. The van der Waals surface area contributed by atoms with E-state index in [9.17, 15) is 4.79 Å². The van der Waals surface area contributed by atoms with Gasteiger partial charge in [0.15, 0.2) is 0 Å². The Morgan fingerprint density at radius 1 is 1.09 bits per heavy atom. The first-order chi connectivity index (χ1) is 16.0. The van der Waals surface area contributed by atoms with Crippen molar-refractivity contribution in [2.45, 2.75) is 25.8 Å². The van der Waals surface area contributed by atoms with E-state index in [0.29, 0.717) is 12.4 Å². The predicted octanol–water partition coefficient (Wildman–Crippen LogP) is 4.27. The van der Waals surface area contributed by atoms with E-state index in [1.807, 2.05) is 61.1 Å². The monoisotopic (exact) mass is 443 g/mol. The third kappa shape index (κ3) is 5.72. The van der Waals surface area contributed by atoms with Crippen LogP contribution in [0.3, 0.4) is 0 Å². The van der Waals surface area contributed by atoms with Crippen molar-refractivity contribution in [3.05, 3.63) is 72.7 Å². The number of carbonyl (C=O) groups is 1. The molecule has 0 saturated heterocycles. The van der Waals surface area contributed by atoms with Gasteiger partial charge in [-0.3, -0.25) is 9.36 Å². The van der Waals surface area contributed by atoms with Gasteiger partial charge in [0, 0.05) is 18.3 Å². The lowest BCUT2D eigenvalue weighted by molar-refractivity contribution is -0.116. The minimum Gasteiger partial charge on any atom is -0.348 e. The summed E-state index contributed by atoms with van der Waals surface area (Å²) < 4.78 is 1.91. The van der Waals surface area contributed by atoms with Crippen LogP contribution in [0.4, 0.5) is 11.6 Å². The maximum Gasteiger partial charge on any atom is 0.225 e. The van der Waals surface area contributed by atoms with Crippen LogP contribution in [0, 0.1) is 0 Å². The number of aromatic nitrogens is 4. The van der Waals surface area contributed by atoms with E-state index >= 15 is 0 Å². The summed E-state index contributed by atoms with van der Waals surface area (Å²) in [6, 6.07) is 17.8. The topological polar surface area (TPSA) is 88.0 Å². The predicted molar refractivity (Wildman–Crippen MR) is 132 cm³/mol. The maximum atomic E-state index is 12.2. The summed E-state index contributed by atoms with van der Waals surface area (Å²) >= 11 is 0. The molecule has 0 aliphatic carbocycles. The SMILES string of the molecule is CC(Nc1nccc(-n2cnc3cc(NC(=O)CCCN(C)C)ccc32)n1)c1ccccc1. The summed E-state index contributed by atoms with van der Waals surface area (Å²) in [7, 11) is 4.01. The molecule has 2 N–H and O–H groups in total. The highest BCUT2D eigenvalue weighted by Crippen LogP contribution is 2.22. The van der Waals surface area contributed by atoms with Crippen LogP contribution in [0.25, 0.3) is 16.9 Å². The van der Waals surface area contributed by atoms with Crippen molar-refractivity contribution in [1.82, 2.24) is 24.4 Å². The molecule has 0 fully saturated rings. The molecule has 0 saturated carbocycles. The van der Waals surface area contributed by atoms with Gasteiger partial charge in [-0.25, -0.2) is 9.97 Å². The fraction of sp³-hybridized carbons (Fsp3) is 0.280. The highest BCUT2D eigenvalue weighted by molar-refractivity contribution is 5.93. The number of nitrogens with zero attached hydrogens (tertiary/aromatic N) is 5. The average molecular weight is 444 g/mol. The molecule has 1 unspecified atom stereocenters. The second-order valence-corrected chi connectivity index (χ2v) is 8.29. The number of benzene rings is 2. The fourth-order valence-corrected chi connectivity index (χ4v) is 3.62. The van der Waals surface area contributed by atoms with Crippen LogP contribution >= 0.6 is 0 Å². The first kappa shape index (κ1) is 22.4. The Labute approximate surface area is 193 Å². The van der Waals surface area contributed by atoms with Gasteiger partial charge in [0.2, 0.25) is 11.9 Å². The molecule has 2 heterocycles. The Bertz CT molecular complexity index is 1220. The van der Waals surface area contributed by atoms with Crippen molar-refractivity contribution in [3.63, 3.8) is 0 Å². The van der Waals surface area contributed by atoms with Crippen LogP contribution in [-0.4, -0.2) is 51.0 Å². The molecule has 8 heteroatoms. The highest BCUT2D eigenvalue weighted by atomic mass is 16.1. The number of rotatable bonds is 9. The molecule has 0 aliphatic rings. The van der Waals surface area contributed by atoms with E-state index in [2.05, 4.69) is 49.5 Å². The minimum atomic E-state index is 0.00897. The molecule has 2 aromatic heterocycles. The molecule has 0 radical (unpaired) electrons. The van der Waals surface area contributed by atoms with Crippen LogP contribution in [0.15, 0.2) is 67.1 Å². The molecule has 0 spiro atoms. The summed E-state index contributed by atoms with van der Waals surface area (Å²) in [6.45, 7) is 2.96. The number of imidazole rings is 1. The Morgan fingerprint density at radius 2 is 1.91 bits per heavy atom. The van der Waals surface area contributed by atoms with Crippen molar-refractivity contribution in [1.29, 1.82) is 0 Å². The standard InChI is InChI=1S/C25H29N7O/c1-18(19-8-5-4-6-9-19)28-25-26-14-13-23(30-25)32-17-27-21-16-20(11-12-22(21)32)29-24(33)10-7-15-31(2)3/h4-6,8-9,11-14,16-18H,7,10,15H2,1-3H3,(H,29,33)(H,26,28,30). The van der Waals surface area contributed by atoms with Gasteiger partial charge >= 0.3 is 0 Å². The molecule has 0 aliphatic heterocycles. The largest absolute Gasteiger partial charge is 0.348 e. The van der Waals surface area contributed by atoms with Gasteiger partial charge in [0.1, 0.15) is 12.1 Å². The lowest BCUT2D eigenvalue weighted by Gasteiger charge is -2.14. The lowest BCUT2D eigenvalue weighted by Crippen LogP contribution is -2.17. The molecule has 170 valence electrons. The second-order valence-electron chi connectivity index (χ2n) is 8.29. The van der Waals surface area contributed by atoms with Gasteiger partial charge in [0.25, 0.3) is 0 Å². The van der Waals surface area contributed by atoms with E-state index < -0.39 is 0 Å². The molecule has 0 bridgehead atoms. The fourth-order valence-electron chi connectivity index (χ4n) is 3.62. The summed E-state index contributed by atoms with van der Waals surface area (Å²) in [4.78, 5) is 27.8. The van der Waals surface area contributed by atoms with Crippen LogP contribution in [0.5, 0.6) is 0 Å². The number of amides is 1. The van der Waals surface area contributed by atoms with Gasteiger partial charge < -0.3 is 15.5 Å². The first-order valence-electron chi connectivity index (χ1n) is 11.1. The second kappa shape index (κ2) is 10.2. The van der Waals surface area contributed by atoms with Gasteiger partial charge in [-0.15, -0.1) is 0 Å². The summed E-state index contributed by atoms with van der Waals surface area (Å²) in [5.74, 6) is 1.28. The van der Waals surface area contributed by atoms with E-state index in [-0.39, 0.29) is 11.9 Å². The number of carbonyl (C=O) groups excluding carboxylic acids is 1. The van der Waals surface area contributed by atoms with E-state index in [1.165, 1.54) is 0 Å². The number of hydrogen-bond donors (Lipinski definition) is 2. The number of anilines is 2. The number of nitrogens with one attached hydrogen (secondary N) is 2. The Morgan fingerprint density at radius 3 is 2.70 bits per heavy atom. The first-order valence-corrected chi connectivity index (χ1v) is 11.1. The summed E-state index contributed by atoms with van der Waals surface area (Å²) in [5, 5.41) is 6.32. The highest BCUT2D eigenvalue weighted by Gasteiger charge is 2.11. The Balaban J connectivity index is 1.48. The molecule has 2 aromatic carbocycles. The molecule has 1 atom stereocenters. The van der Waals surface area contributed by atoms with Crippen molar-refractivity contribution >= 4 is 28.6 Å². The normalized spacial score (nSPS) is 12.1. The smallest absolute Gasteiger partial charge is 0.225 e. The Hall–Kier alpha value is -3.78. The molecular weight excluding hydrogens is 414 g/mol. The number of fused-ring (bicyclic) bond motifs is 1. The van der Waals surface area contributed by atoms with Crippen molar-refractivity contribution in [2.24, 2.45) is 0 Å². The average Bonchev–Trinajstić information content (AvgIpc) is 3.23. The van der Waals surface area contributed by atoms with Crippen LogP contribution in [0.2, 0.25) is 0 Å². The molecule has 1 amide bonds. The van der Waals surface area contributed by atoms with Crippen LogP contribution < -0.4 is 10.6 Å². The van der Waals surface area contributed by atoms with Gasteiger partial charge in [-0.1, -0.05) is 30.3 Å². The van der Waals surface area contributed by atoms with E-state index in [0.717, 1.165) is 41.1 Å². The van der Waals surface area contributed by atoms with Gasteiger partial charge in [0.05, 0.1) is 17.1 Å². The summed E-state index contributed by atoms with van der Waals surface area (Å²) in [6.07, 6.45) is 4.78. The van der Waals surface area contributed by atoms with Gasteiger partial charge in [-0.2, -0.15) is 4.98 Å². The zero-order valence-electron chi connectivity index (χ0n) is 19.2. The summed E-state index contributed by atoms with van der Waals surface area (Å²) in [5.41, 5.74) is 3.59. The minimum absolute atomic E-state index is 0.00897.